The van der Waals surface area contributed by atoms with Crippen LogP contribution in [0, 0.1) is 18.6 Å². The Morgan fingerprint density at radius 3 is 2.21 bits per heavy atom. The third-order valence-corrected chi connectivity index (χ3v) is 2.86. The molecule has 1 heterocycles. The number of aromatic nitrogens is 2. The quantitative estimate of drug-likeness (QED) is 0.905. The van der Waals surface area contributed by atoms with Crippen molar-refractivity contribution in [3.63, 3.8) is 0 Å². The molecule has 0 radical (unpaired) electrons. The first kappa shape index (κ1) is 13.4. The van der Waals surface area contributed by atoms with Gasteiger partial charge in [0.1, 0.15) is 17.5 Å². The van der Waals surface area contributed by atoms with Gasteiger partial charge in [-0.15, -0.1) is 0 Å². The molecule has 0 fully saturated rings. The topological polar surface area (TPSA) is 45.8 Å². The normalized spacial score (nSPS) is 11.1. The van der Waals surface area contributed by atoms with E-state index in [1.54, 1.807) is 6.92 Å². The first-order chi connectivity index (χ1) is 8.88. The Morgan fingerprint density at radius 1 is 1.16 bits per heavy atom. The van der Waals surface area contributed by atoms with E-state index in [9.17, 15) is 13.6 Å². The fraction of sp³-hybridized carbons (Fsp3) is 0.286. The van der Waals surface area contributed by atoms with Crippen molar-refractivity contribution >= 4 is 0 Å². The lowest BCUT2D eigenvalue weighted by Crippen LogP contribution is -2.18. The van der Waals surface area contributed by atoms with Crippen LogP contribution in [-0.4, -0.2) is 9.97 Å². The van der Waals surface area contributed by atoms with Gasteiger partial charge in [0.2, 0.25) is 0 Å². The molecular formula is C14H14F2N2O. The van der Waals surface area contributed by atoms with Crippen LogP contribution >= 0.6 is 0 Å². The molecule has 0 aliphatic heterocycles. The molecule has 1 aromatic carbocycles. The first-order valence-corrected chi connectivity index (χ1v) is 5.95. The smallest absolute Gasteiger partial charge is 0.254 e. The average molecular weight is 264 g/mol. The van der Waals surface area contributed by atoms with Crippen molar-refractivity contribution in [1.29, 1.82) is 0 Å². The number of nitrogens with one attached hydrogen (secondary N) is 1. The lowest BCUT2D eigenvalue weighted by atomic mass is 10.0. The van der Waals surface area contributed by atoms with Gasteiger partial charge in [-0.2, -0.15) is 0 Å². The van der Waals surface area contributed by atoms with Crippen LogP contribution in [0.5, 0.6) is 0 Å². The van der Waals surface area contributed by atoms with Crippen LogP contribution in [-0.2, 0) is 0 Å². The number of benzene rings is 1. The number of aromatic amines is 1. The second-order valence-corrected chi connectivity index (χ2v) is 4.73. The molecule has 0 saturated heterocycles. The van der Waals surface area contributed by atoms with Crippen molar-refractivity contribution in [1.82, 2.24) is 9.97 Å². The van der Waals surface area contributed by atoms with E-state index in [2.05, 4.69) is 9.97 Å². The van der Waals surface area contributed by atoms with Gasteiger partial charge in [0.15, 0.2) is 0 Å². The zero-order chi connectivity index (χ0) is 14.2. The van der Waals surface area contributed by atoms with E-state index in [0.29, 0.717) is 11.3 Å². The van der Waals surface area contributed by atoms with Gasteiger partial charge in [0.05, 0.1) is 0 Å². The molecule has 2 rings (SSSR count). The van der Waals surface area contributed by atoms with Crippen molar-refractivity contribution in [3.8, 4) is 11.4 Å². The summed E-state index contributed by atoms with van der Waals surface area (Å²) in [6.07, 6.45) is 0. The van der Waals surface area contributed by atoms with Gasteiger partial charge < -0.3 is 4.98 Å². The summed E-state index contributed by atoms with van der Waals surface area (Å²) >= 11 is 0. The second kappa shape index (κ2) is 4.91. The number of halogens is 2. The summed E-state index contributed by atoms with van der Waals surface area (Å²) < 4.78 is 26.3. The van der Waals surface area contributed by atoms with E-state index in [1.807, 2.05) is 13.8 Å². The third kappa shape index (κ3) is 2.70. The van der Waals surface area contributed by atoms with E-state index in [-0.39, 0.29) is 22.9 Å². The van der Waals surface area contributed by atoms with E-state index >= 15 is 0 Å². The zero-order valence-electron chi connectivity index (χ0n) is 10.9. The Bertz CT molecular complexity index is 657. The molecule has 0 bridgehead atoms. The van der Waals surface area contributed by atoms with Crippen LogP contribution in [0.15, 0.2) is 23.0 Å². The molecule has 0 aliphatic rings. The van der Waals surface area contributed by atoms with Crippen LogP contribution < -0.4 is 5.56 Å². The summed E-state index contributed by atoms with van der Waals surface area (Å²) in [5, 5.41) is 0. The number of aryl methyl sites for hydroxylation is 1. The van der Waals surface area contributed by atoms with Gasteiger partial charge in [-0.1, -0.05) is 13.8 Å². The van der Waals surface area contributed by atoms with Crippen molar-refractivity contribution in [2.45, 2.75) is 26.7 Å². The maximum atomic E-state index is 13.2. The van der Waals surface area contributed by atoms with Crippen molar-refractivity contribution in [3.05, 3.63) is 51.4 Å². The number of hydrogen-bond acceptors (Lipinski definition) is 2. The summed E-state index contributed by atoms with van der Waals surface area (Å²) in [5.74, 6) is -1.20. The van der Waals surface area contributed by atoms with Crippen LogP contribution in [0.3, 0.4) is 0 Å². The minimum Gasteiger partial charge on any atom is -0.306 e. The molecule has 0 aliphatic carbocycles. The predicted molar refractivity (Wildman–Crippen MR) is 69.0 cm³/mol. The second-order valence-electron chi connectivity index (χ2n) is 4.73. The monoisotopic (exact) mass is 264 g/mol. The zero-order valence-corrected chi connectivity index (χ0v) is 10.9. The van der Waals surface area contributed by atoms with E-state index in [4.69, 9.17) is 0 Å². The highest BCUT2D eigenvalue weighted by Gasteiger charge is 2.13. The van der Waals surface area contributed by atoms with Crippen LogP contribution in [0.25, 0.3) is 11.4 Å². The largest absolute Gasteiger partial charge is 0.306 e. The van der Waals surface area contributed by atoms with Gasteiger partial charge >= 0.3 is 0 Å². The summed E-state index contributed by atoms with van der Waals surface area (Å²) in [4.78, 5) is 18.8. The molecule has 0 saturated carbocycles. The highest BCUT2D eigenvalue weighted by Crippen LogP contribution is 2.19. The van der Waals surface area contributed by atoms with Crippen LogP contribution in [0.4, 0.5) is 8.78 Å². The highest BCUT2D eigenvalue weighted by atomic mass is 19.1. The van der Waals surface area contributed by atoms with Crippen LogP contribution in [0.1, 0.15) is 31.0 Å². The Morgan fingerprint density at radius 2 is 1.74 bits per heavy atom. The maximum absolute atomic E-state index is 13.2. The molecule has 1 aromatic heterocycles. The minimum absolute atomic E-state index is 0.0366. The van der Waals surface area contributed by atoms with Gasteiger partial charge in [0, 0.05) is 22.9 Å². The number of hydrogen-bond donors (Lipinski definition) is 1. The van der Waals surface area contributed by atoms with Crippen LogP contribution in [0.2, 0.25) is 0 Å². The lowest BCUT2D eigenvalue weighted by molar-refractivity contribution is 0.584. The Labute approximate surface area is 109 Å². The van der Waals surface area contributed by atoms with Gasteiger partial charge in [-0.05, 0) is 25.0 Å². The molecule has 100 valence electrons. The van der Waals surface area contributed by atoms with E-state index < -0.39 is 11.6 Å². The highest BCUT2D eigenvalue weighted by molar-refractivity contribution is 5.55. The van der Waals surface area contributed by atoms with Crippen molar-refractivity contribution in [2.75, 3.05) is 0 Å². The molecule has 0 spiro atoms. The fourth-order valence-corrected chi connectivity index (χ4v) is 2.10. The molecule has 2 aromatic rings. The summed E-state index contributed by atoms with van der Waals surface area (Å²) in [6.45, 7) is 5.49. The summed E-state index contributed by atoms with van der Waals surface area (Å²) in [7, 11) is 0. The summed E-state index contributed by atoms with van der Waals surface area (Å²) in [6, 6.07) is 3.04. The van der Waals surface area contributed by atoms with Crippen molar-refractivity contribution in [2.24, 2.45) is 0 Å². The molecule has 0 amide bonds. The molecule has 5 heteroatoms. The van der Waals surface area contributed by atoms with E-state index in [0.717, 1.165) is 18.2 Å². The molecule has 0 unspecified atom stereocenters. The molecule has 1 N–H and O–H groups in total. The fourth-order valence-electron chi connectivity index (χ4n) is 2.10. The van der Waals surface area contributed by atoms with Gasteiger partial charge in [-0.3, -0.25) is 4.79 Å². The molecular weight excluding hydrogens is 250 g/mol. The molecule has 3 nitrogen and oxygen atoms in total. The number of rotatable bonds is 2. The molecule has 0 atom stereocenters. The van der Waals surface area contributed by atoms with Gasteiger partial charge in [-0.25, -0.2) is 13.8 Å². The van der Waals surface area contributed by atoms with E-state index in [1.165, 1.54) is 0 Å². The average Bonchev–Trinajstić information content (AvgIpc) is 2.25. The molecule has 19 heavy (non-hydrogen) atoms. The third-order valence-electron chi connectivity index (χ3n) is 2.86. The lowest BCUT2D eigenvalue weighted by Gasteiger charge is -2.10. The Hall–Kier alpha value is -2.04. The Kier molecular flexibility index (Phi) is 3.46. The minimum atomic E-state index is -0.705. The van der Waals surface area contributed by atoms with Gasteiger partial charge in [0.25, 0.3) is 5.56 Å². The number of H-pyrrole nitrogens is 1. The summed E-state index contributed by atoms with van der Waals surface area (Å²) in [5.41, 5.74) is 1.09. The predicted octanol–water partition coefficient (Wildman–Crippen LogP) is 3.15. The SMILES string of the molecule is Cc1nc(-c2cc(F)cc(F)c2)[nH]c(=O)c1C(C)C. The van der Waals surface area contributed by atoms with Crippen molar-refractivity contribution < 1.29 is 8.78 Å². The number of nitrogens with zero attached hydrogens (tertiary/aromatic N) is 1. The first-order valence-electron chi connectivity index (χ1n) is 5.95. The standard InChI is InChI=1S/C14H14F2N2O/c1-7(2)12-8(3)17-13(18-14(12)19)9-4-10(15)6-11(16)5-9/h4-7H,1-3H3,(H,17,18,19). The maximum Gasteiger partial charge on any atom is 0.254 e. The Balaban J connectivity index is 2.62.